The predicted octanol–water partition coefficient (Wildman–Crippen LogP) is 6.44. The molecule has 0 bridgehead atoms. The Balaban J connectivity index is 1.88. The fourth-order valence-corrected chi connectivity index (χ4v) is 4.80. The van der Waals surface area contributed by atoms with Crippen molar-refractivity contribution in [2.45, 2.75) is 44.4 Å². The number of carbonyl (C=O) groups is 3. The van der Waals surface area contributed by atoms with E-state index in [0.29, 0.717) is 17.8 Å². The maximum atomic E-state index is 13.5. The third-order valence-corrected chi connectivity index (χ3v) is 7.33. The van der Waals surface area contributed by atoms with Crippen molar-refractivity contribution in [2.24, 2.45) is 4.36 Å². The van der Waals surface area contributed by atoms with Crippen molar-refractivity contribution >= 4 is 33.3 Å². The summed E-state index contributed by atoms with van der Waals surface area (Å²) < 4.78 is 81.7. The maximum Gasteiger partial charge on any atom is 0.417 e. The van der Waals surface area contributed by atoms with E-state index in [0.717, 1.165) is 17.0 Å². The number of likely N-dealkylation sites (N-methyl/N-ethyl adjacent to an activating group) is 1. The lowest BCUT2D eigenvalue weighted by atomic mass is 10.1. The Labute approximate surface area is 251 Å². The zero-order valence-corrected chi connectivity index (χ0v) is 25.4. The van der Waals surface area contributed by atoms with Crippen LogP contribution in [-0.4, -0.2) is 57.4 Å². The SMILES string of the molecule is Cc1cc(F)ccc1Oc1ncc(C(F)(F)F)cc1C(=O)Nc1cccc(S(C)(=O)=NC(=O)CN(C)C(=O)OC(C)(C)C)c1. The summed E-state index contributed by atoms with van der Waals surface area (Å²) in [7, 11) is -2.08. The first-order valence-corrected chi connectivity index (χ1v) is 14.8. The summed E-state index contributed by atoms with van der Waals surface area (Å²) in [5.74, 6) is -2.92. The number of pyridine rings is 1. The molecule has 3 aromatic rings. The van der Waals surface area contributed by atoms with Crippen molar-refractivity contribution in [1.29, 1.82) is 0 Å². The van der Waals surface area contributed by atoms with E-state index in [2.05, 4.69) is 14.7 Å². The minimum atomic E-state index is -4.83. The number of halogens is 4. The molecule has 2 aromatic carbocycles. The minimum absolute atomic E-state index is 0.0110. The molecule has 0 aliphatic carbocycles. The van der Waals surface area contributed by atoms with E-state index in [9.17, 15) is 36.2 Å². The van der Waals surface area contributed by atoms with Crippen LogP contribution in [-0.2, 0) is 25.4 Å². The summed E-state index contributed by atoms with van der Waals surface area (Å²) in [4.78, 5) is 42.5. The highest BCUT2D eigenvalue weighted by atomic mass is 32.2. The van der Waals surface area contributed by atoms with E-state index in [1.54, 1.807) is 20.8 Å². The number of ether oxygens (including phenoxy) is 2. The first-order valence-electron chi connectivity index (χ1n) is 12.9. The number of benzene rings is 2. The molecule has 1 aromatic heterocycles. The van der Waals surface area contributed by atoms with Gasteiger partial charge in [0.1, 0.15) is 29.3 Å². The first kappa shape index (κ1) is 34.0. The standard InChI is InChI=1S/C29H30F4N4O6S/c1-17-12-19(30)10-11-23(17)42-26-22(13-18(15-34-26)29(31,32)33)25(39)35-20-8-7-9-21(14-20)44(6,41)36-24(38)16-37(5)27(40)43-28(2,3)4/h7-15H,16H2,1-6H3,(H,35,39). The van der Waals surface area contributed by atoms with Crippen LogP contribution in [0.4, 0.5) is 28.0 Å². The number of rotatable bonds is 7. The molecule has 0 aliphatic heterocycles. The van der Waals surface area contributed by atoms with Crippen LogP contribution in [0.3, 0.4) is 0 Å². The maximum absolute atomic E-state index is 13.5. The van der Waals surface area contributed by atoms with Gasteiger partial charge in [0.2, 0.25) is 5.88 Å². The highest BCUT2D eigenvalue weighted by molar-refractivity contribution is 7.93. The van der Waals surface area contributed by atoms with Gasteiger partial charge in [-0.3, -0.25) is 9.59 Å². The summed E-state index contributed by atoms with van der Waals surface area (Å²) in [5.41, 5.74) is -2.29. The van der Waals surface area contributed by atoms with Gasteiger partial charge in [-0.15, -0.1) is 0 Å². The average molecular weight is 639 g/mol. The second kappa shape index (κ2) is 13.0. The minimum Gasteiger partial charge on any atom is -0.444 e. The number of aromatic nitrogens is 1. The molecule has 0 aliphatic rings. The molecular weight excluding hydrogens is 608 g/mol. The average Bonchev–Trinajstić information content (AvgIpc) is 2.88. The van der Waals surface area contributed by atoms with Gasteiger partial charge in [-0.2, -0.15) is 17.5 Å². The number of nitrogens with zero attached hydrogens (tertiary/aromatic N) is 3. The predicted molar refractivity (Wildman–Crippen MR) is 153 cm³/mol. The molecule has 1 heterocycles. The van der Waals surface area contributed by atoms with Crippen molar-refractivity contribution in [1.82, 2.24) is 9.88 Å². The lowest BCUT2D eigenvalue weighted by Crippen LogP contribution is -2.37. The van der Waals surface area contributed by atoms with Gasteiger partial charge in [0.05, 0.1) is 15.3 Å². The van der Waals surface area contributed by atoms with Crippen LogP contribution in [0.2, 0.25) is 0 Å². The van der Waals surface area contributed by atoms with Crippen LogP contribution in [0, 0.1) is 12.7 Å². The number of alkyl halides is 3. The number of aryl methyl sites for hydroxylation is 1. The molecule has 0 fully saturated rings. The molecule has 3 rings (SSSR count). The topological polar surface area (TPSA) is 127 Å². The fraction of sp³-hybridized carbons (Fsp3) is 0.310. The Morgan fingerprint density at radius 3 is 2.36 bits per heavy atom. The van der Waals surface area contributed by atoms with Gasteiger partial charge in [0.15, 0.2) is 0 Å². The number of anilines is 1. The molecule has 0 saturated heterocycles. The number of hydrogen-bond donors (Lipinski definition) is 1. The molecule has 1 unspecified atom stereocenters. The van der Waals surface area contributed by atoms with Crippen molar-refractivity contribution in [3.8, 4) is 11.6 Å². The summed E-state index contributed by atoms with van der Waals surface area (Å²) >= 11 is 0. The number of nitrogens with one attached hydrogen (secondary N) is 1. The van der Waals surface area contributed by atoms with Crippen LogP contribution >= 0.6 is 0 Å². The highest BCUT2D eigenvalue weighted by Gasteiger charge is 2.33. The Hall–Kier alpha value is -4.53. The molecular formula is C29H30F4N4O6S. The van der Waals surface area contributed by atoms with E-state index in [-0.39, 0.29) is 16.3 Å². The van der Waals surface area contributed by atoms with E-state index < -0.39 is 68.8 Å². The lowest BCUT2D eigenvalue weighted by Gasteiger charge is -2.23. The van der Waals surface area contributed by atoms with Crippen molar-refractivity contribution < 1.29 is 45.6 Å². The molecule has 0 saturated carbocycles. The van der Waals surface area contributed by atoms with Gasteiger partial charge in [-0.05, 0) is 75.7 Å². The second-order valence-corrected chi connectivity index (χ2v) is 13.0. The largest absolute Gasteiger partial charge is 0.444 e. The first-order chi connectivity index (χ1) is 20.2. The van der Waals surface area contributed by atoms with Crippen molar-refractivity contribution in [3.63, 3.8) is 0 Å². The molecule has 1 N–H and O–H groups in total. The Kier molecular flexibility index (Phi) is 10.0. The third kappa shape index (κ3) is 9.23. The van der Waals surface area contributed by atoms with Gasteiger partial charge in [0, 0.05) is 30.1 Å². The Bertz CT molecular complexity index is 1710. The molecule has 236 valence electrons. The lowest BCUT2D eigenvalue weighted by molar-refractivity contribution is -0.137. The van der Waals surface area contributed by atoms with Crippen LogP contribution in [0.15, 0.2) is 64.0 Å². The zero-order valence-electron chi connectivity index (χ0n) is 24.6. The fourth-order valence-electron chi connectivity index (χ4n) is 3.57. The molecule has 44 heavy (non-hydrogen) atoms. The molecule has 0 spiro atoms. The molecule has 1 atom stereocenters. The quantitative estimate of drug-likeness (QED) is 0.295. The van der Waals surface area contributed by atoms with Gasteiger partial charge in [0.25, 0.3) is 11.8 Å². The van der Waals surface area contributed by atoms with E-state index in [1.165, 1.54) is 50.6 Å². The van der Waals surface area contributed by atoms with Crippen LogP contribution in [0.25, 0.3) is 0 Å². The van der Waals surface area contributed by atoms with Crippen LogP contribution in [0.1, 0.15) is 42.3 Å². The monoisotopic (exact) mass is 638 g/mol. The van der Waals surface area contributed by atoms with E-state index >= 15 is 0 Å². The molecule has 10 nitrogen and oxygen atoms in total. The summed E-state index contributed by atoms with van der Waals surface area (Å²) in [6, 6.07) is 9.39. The van der Waals surface area contributed by atoms with E-state index in [1.807, 2.05) is 0 Å². The number of hydrogen-bond acceptors (Lipinski definition) is 7. The molecule has 15 heteroatoms. The second-order valence-electron chi connectivity index (χ2n) is 10.7. The Morgan fingerprint density at radius 2 is 1.75 bits per heavy atom. The van der Waals surface area contributed by atoms with Crippen molar-refractivity contribution in [2.75, 3.05) is 25.2 Å². The van der Waals surface area contributed by atoms with Gasteiger partial charge in [-0.25, -0.2) is 18.4 Å². The van der Waals surface area contributed by atoms with Gasteiger partial charge >= 0.3 is 12.3 Å². The van der Waals surface area contributed by atoms with Crippen LogP contribution in [0.5, 0.6) is 11.6 Å². The number of amides is 3. The van der Waals surface area contributed by atoms with E-state index in [4.69, 9.17) is 9.47 Å². The normalized spacial score (nSPS) is 13.0. The van der Waals surface area contributed by atoms with Crippen molar-refractivity contribution in [3.05, 3.63) is 77.2 Å². The van der Waals surface area contributed by atoms with Gasteiger partial charge < -0.3 is 19.7 Å². The zero-order chi connectivity index (χ0) is 33.0. The highest BCUT2D eigenvalue weighted by Crippen LogP contribution is 2.34. The third-order valence-electron chi connectivity index (χ3n) is 5.65. The number of carbonyl (C=O) groups excluding carboxylic acids is 3. The van der Waals surface area contributed by atoms with Gasteiger partial charge in [-0.1, -0.05) is 6.07 Å². The van der Waals surface area contributed by atoms with Crippen LogP contribution < -0.4 is 10.1 Å². The molecule has 0 radical (unpaired) electrons. The molecule has 3 amide bonds. The Morgan fingerprint density at radius 1 is 1.07 bits per heavy atom. The smallest absolute Gasteiger partial charge is 0.417 e. The summed E-state index contributed by atoms with van der Waals surface area (Å²) in [6.45, 7) is 5.94. The summed E-state index contributed by atoms with van der Waals surface area (Å²) in [5, 5.41) is 2.41. The summed E-state index contributed by atoms with van der Waals surface area (Å²) in [6.07, 6.45) is -3.94.